The van der Waals surface area contributed by atoms with Crippen molar-refractivity contribution in [3.63, 3.8) is 0 Å². The number of anilines is 1. The number of fused-ring (bicyclic) bond motifs is 5. The first kappa shape index (κ1) is 36.9. The summed E-state index contributed by atoms with van der Waals surface area (Å²) in [6.45, 7) is 4.00. The Bertz CT molecular complexity index is 2350. The van der Waals surface area contributed by atoms with Crippen LogP contribution in [0.25, 0.3) is 20.7 Å². The van der Waals surface area contributed by atoms with Gasteiger partial charge >= 0.3 is 5.97 Å². The van der Waals surface area contributed by atoms with E-state index in [1.54, 1.807) is 42.1 Å². The number of thiophene rings is 1. The van der Waals surface area contributed by atoms with E-state index in [0.717, 1.165) is 26.1 Å². The third-order valence-corrected chi connectivity index (χ3v) is 13.9. The summed E-state index contributed by atoms with van der Waals surface area (Å²) in [4.78, 5) is 72.4. The number of hydrogen-bond donors (Lipinski definition) is 2. The number of hydrogen-bond acceptors (Lipinski definition) is 9. The standard InChI is InChI=1S/C41H41ClN4O8S/c1-20-26-16-21(42)9-14-31(26)55-36(20)29-19-32(44(3)43-29)46-38(51)28-18-27-23(35(41(28,2)40(46)53)24-11-10-22(47)17-30(24)54-4)12-13-25-34(27)39(52)45(37(25)50)15-7-5-6-8-33(48)49/h9-12,14,16-17,19,25,27-28,34-35,47H,5-8,13,15,18H2,1-4H3,(H,48,49). The zero-order valence-corrected chi connectivity index (χ0v) is 32.4. The molecule has 4 aromatic rings. The Morgan fingerprint density at radius 1 is 1.04 bits per heavy atom. The minimum Gasteiger partial charge on any atom is -0.508 e. The predicted molar refractivity (Wildman–Crippen MR) is 206 cm³/mol. The molecule has 55 heavy (non-hydrogen) atoms. The molecule has 2 saturated heterocycles. The Labute approximate surface area is 326 Å². The number of aromatic nitrogens is 2. The van der Waals surface area contributed by atoms with Crippen LogP contribution in [0.4, 0.5) is 5.82 Å². The largest absolute Gasteiger partial charge is 0.508 e. The topological polar surface area (TPSA) is 159 Å². The first-order chi connectivity index (χ1) is 26.3. The van der Waals surface area contributed by atoms with Gasteiger partial charge in [-0.25, -0.2) is 4.90 Å². The van der Waals surface area contributed by atoms with Gasteiger partial charge in [-0.15, -0.1) is 11.3 Å². The number of unbranched alkanes of at least 4 members (excludes halogenated alkanes) is 2. The SMILES string of the molecule is COc1cc(O)ccc1C1C2=CCC3C(=O)N(CCCCCC(=O)O)C(=O)C3C2CC2C(=O)N(c3cc(-c4sc5ccc(Cl)cc5c4C)nn3C)C(=O)C21C. The summed E-state index contributed by atoms with van der Waals surface area (Å²) in [7, 11) is 3.18. The number of methoxy groups -OCH3 is 1. The van der Waals surface area contributed by atoms with Gasteiger partial charge < -0.3 is 14.9 Å². The molecule has 4 amide bonds. The van der Waals surface area contributed by atoms with E-state index in [4.69, 9.17) is 26.5 Å². The van der Waals surface area contributed by atoms with Gasteiger partial charge in [0.05, 0.1) is 35.2 Å². The number of phenols is 1. The molecule has 0 radical (unpaired) electrons. The average Bonchev–Trinajstić information content (AvgIpc) is 3.82. The minimum atomic E-state index is -1.32. The van der Waals surface area contributed by atoms with Gasteiger partial charge in [-0.1, -0.05) is 35.7 Å². The maximum absolute atomic E-state index is 15.1. The second kappa shape index (κ2) is 13.6. The van der Waals surface area contributed by atoms with E-state index in [1.807, 2.05) is 31.2 Å². The van der Waals surface area contributed by atoms with Gasteiger partial charge in [0.15, 0.2) is 0 Å². The number of imide groups is 2. The van der Waals surface area contributed by atoms with Crippen molar-refractivity contribution in [2.45, 2.75) is 58.3 Å². The number of allylic oxidation sites excluding steroid dienone is 2. The quantitative estimate of drug-likeness (QED) is 0.0996. The summed E-state index contributed by atoms with van der Waals surface area (Å²) >= 11 is 7.86. The molecule has 0 bridgehead atoms. The third-order valence-electron chi connectivity index (χ3n) is 12.4. The molecule has 4 heterocycles. The molecule has 0 spiro atoms. The molecule has 1 saturated carbocycles. The van der Waals surface area contributed by atoms with Crippen molar-refractivity contribution in [2.24, 2.45) is 36.1 Å². The molecule has 2 aliphatic carbocycles. The number of carbonyl (C=O) groups is 5. The molecular formula is C41H41ClN4O8S. The summed E-state index contributed by atoms with van der Waals surface area (Å²) in [6, 6.07) is 12.2. The molecule has 2 aromatic carbocycles. The normalized spacial score (nSPS) is 26.1. The highest BCUT2D eigenvalue weighted by atomic mass is 35.5. The minimum absolute atomic E-state index is 0.0225. The van der Waals surface area contributed by atoms with E-state index in [2.05, 4.69) is 0 Å². The van der Waals surface area contributed by atoms with Gasteiger partial charge in [-0.05, 0) is 80.7 Å². The first-order valence-electron chi connectivity index (χ1n) is 18.5. The lowest BCUT2D eigenvalue weighted by Crippen LogP contribution is -2.49. The van der Waals surface area contributed by atoms with Gasteiger partial charge in [0.1, 0.15) is 23.0 Å². The molecule has 6 atom stereocenters. The van der Waals surface area contributed by atoms with Crippen LogP contribution >= 0.6 is 22.9 Å². The van der Waals surface area contributed by atoms with Gasteiger partial charge in [-0.2, -0.15) is 5.10 Å². The number of halogens is 1. The first-order valence-corrected chi connectivity index (χ1v) is 19.7. The number of likely N-dealkylation sites (tertiary alicyclic amines) is 1. The van der Waals surface area contributed by atoms with Crippen molar-refractivity contribution in [2.75, 3.05) is 18.6 Å². The van der Waals surface area contributed by atoms with Gasteiger partial charge in [0, 0.05) is 53.3 Å². The summed E-state index contributed by atoms with van der Waals surface area (Å²) in [6.07, 6.45) is 3.99. The zero-order chi connectivity index (χ0) is 39.1. The van der Waals surface area contributed by atoms with Crippen LogP contribution in [0.15, 0.2) is 54.1 Å². The lowest BCUT2D eigenvalue weighted by molar-refractivity contribution is -0.141. The van der Waals surface area contributed by atoms with E-state index >= 15 is 4.79 Å². The van der Waals surface area contributed by atoms with Crippen LogP contribution in [0.3, 0.4) is 0 Å². The molecule has 14 heteroatoms. The van der Waals surface area contributed by atoms with Crippen LogP contribution in [0.1, 0.15) is 62.5 Å². The smallest absolute Gasteiger partial charge is 0.303 e. The highest BCUT2D eigenvalue weighted by Gasteiger charge is 2.68. The highest BCUT2D eigenvalue weighted by Crippen LogP contribution is 2.64. The molecule has 2 N–H and O–H groups in total. The van der Waals surface area contributed by atoms with Crippen molar-refractivity contribution in [3.8, 4) is 22.1 Å². The molecule has 3 fully saturated rings. The summed E-state index contributed by atoms with van der Waals surface area (Å²) in [5.41, 5.74) is 1.69. The van der Waals surface area contributed by atoms with Crippen LogP contribution in [0.5, 0.6) is 11.5 Å². The van der Waals surface area contributed by atoms with E-state index in [9.17, 15) is 24.3 Å². The number of aromatic hydroxyl groups is 1. The number of phenolic OH excluding ortho intramolecular Hbond substituents is 1. The van der Waals surface area contributed by atoms with Crippen LogP contribution in [0.2, 0.25) is 5.02 Å². The fourth-order valence-corrected chi connectivity index (χ4v) is 11.1. The van der Waals surface area contributed by atoms with Crippen LogP contribution in [0, 0.1) is 36.0 Å². The Morgan fingerprint density at radius 2 is 1.82 bits per heavy atom. The molecule has 4 aliphatic rings. The van der Waals surface area contributed by atoms with E-state index in [1.165, 1.54) is 29.0 Å². The van der Waals surface area contributed by atoms with Crippen LogP contribution in [-0.2, 0) is 31.0 Å². The Morgan fingerprint density at radius 3 is 2.56 bits per heavy atom. The second-order valence-corrected chi connectivity index (χ2v) is 16.8. The van der Waals surface area contributed by atoms with Gasteiger partial charge in [0.25, 0.3) is 0 Å². The maximum atomic E-state index is 15.1. The Hall–Kier alpha value is -5.01. The number of aliphatic carboxylic acids is 1. The monoisotopic (exact) mass is 784 g/mol. The predicted octanol–water partition coefficient (Wildman–Crippen LogP) is 6.85. The Kier molecular flexibility index (Phi) is 9.15. The number of benzene rings is 2. The fourth-order valence-electron chi connectivity index (χ4n) is 9.74. The highest BCUT2D eigenvalue weighted by molar-refractivity contribution is 7.22. The molecule has 6 unspecified atom stereocenters. The third kappa shape index (κ3) is 5.68. The molecule has 286 valence electrons. The summed E-state index contributed by atoms with van der Waals surface area (Å²) < 4.78 is 8.36. The van der Waals surface area contributed by atoms with Gasteiger partial charge in [-0.3, -0.25) is 33.6 Å². The zero-order valence-electron chi connectivity index (χ0n) is 30.9. The number of carboxylic acids is 1. The number of aryl methyl sites for hydroxylation is 2. The number of rotatable bonds is 10. The number of carboxylic acid groups (broad SMARTS) is 1. The van der Waals surface area contributed by atoms with Crippen LogP contribution in [-0.4, -0.2) is 68.1 Å². The Balaban J connectivity index is 1.19. The van der Waals surface area contributed by atoms with Crippen LogP contribution < -0.4 is 9.64 Å². The maximum Gasteiger partial charge on any atom is 0.303 e. The molecule has 2 aromatic heterocycles. The van der Waals surface area contributed by atoms with E-state index < -0.39 is 52.8 Å². The average molecular weight is 785 g/mol. The fraction of sp³-hybridized carbons (Fsp3) is 0.415. The second-order valence-electron chi connectivity index (χ2n) is 15.3. The lowest BCUT2D eigenvalue weighted by Gasteiger charge is -2.49. The van der Waals surface area contributed by atoms with Crippen molar-refractivity contribution in [1.82, 2.24) is 14.7 Å². The molecule has 8 rings (SSSR count). The summed E-state index contributed by atoms with van der Waals surface area (Å²) in [5.74, 6) is -5.03. The molecule has 12 nitrogen and oxygen atoms in total. The van der Waals surface area contributed by atoms with E-state index in [-0.39, 0.29) is 37.0 Å². The number of carbonyl (C=O) groups excluding carboxylic acids is 4. The van der Waals surface area contributed by atoms with Crippen molar-refractivity contribution < 1.29 is 38.9 Å². The molecular weight excluding hydrogens is 744 g/mol. The number of nitrogens with zero attached hydrogens (tertiary/aromatic N) is 4. The summed E-state index contributed by atoms with van der Waals surface area (Å²) in [5, 5.41) is 25.9. The lowest BCUT2D eigenvalue weighted by atomic mass is 9.51. The van der Waals surface area contributed by atoms with Crippen molar-refractivity contribution in [1.29, 1.82) is 0 Å². The van der Waals surface area contributed by atoms with Gasteiger partial charge in [0.2, 0.25) is 23.6 Å². The number of ether oxygens (including phenoxy) is 1. The van der Waals surface area contributed by atoms with Crippen molar-refractivity contribution >= 4 is 68.4 Å². The molecule has 2 aliphatic heterocycles. The van der Waals surface area contributed by atoms with Crippen molar-refractivity contribution in [3.05, 3.63) is 70.3 Å². The number of amides is 4. The van der Waals surface area contributed by atoms with E-state index in [0.29, 0.717) is 53.5 Å².